The van der Waals surface area contributed by atoms with Crippen LogP contribution in [0.2, 0.25) is 0 Å². The fourth-order valence-corrected chi connectivity index (χ4v) is 3.53. The molecule has 154 valence electrons. The predicted molar refractivity (Wildman–Crippen MR) is 121 cm³/mol. The number of benzene rings is 2. The number of ether oxygens (including phenoxy) is 1. The Morgan fingerprint density at radius 2 is 1.83 bits per heavy atom. The van der Waals surface area contributed by atoms with Crippen LogP contribution >= 0.6 is 11.3 Å². The SMILES string of the molecule is COc1ccccc1CNC(=O)C(=Cc1cccs1)NC(=O)c1ccc(C)c(C)c1. The highest BCUT2D eigenvalue weighted by Crippen LogP contribution is 2.18. The van der Waals surface area contributed by atoms with Gasteiger partial charge in [0.2, 0.25) is 0 Å². The molecule has 2 amide bonds. The predicted octanol–water partition coefficient (Wildman–Crippen LogP) is 4.46. The quantitative estimate of drug-likeness (QED) is 0.555. The maximum Gasteiger partial charge on any atom is 0.268 e. The van der Waals surface area contributed by atoms with Crippen LogP contribution in [-0.2, 0) is 11.3 Å². The molecule has 3 aromatic rings. The van der Waals surface area contributed by atoms with Crippen molar-refractivity contribution in [2.75, 3.05) is 7.11 Å². The van der Waals surface area contributed by atoms with Crippen molar-refractivity contribution in [2.45, 2.75) is 20.4 Å². The van der Waals surface area contributed by atoms with Gasteiger partial charge in [0.25, 0.3) is 11.8 Å². The van der Waals surface area contributed by atoms with Crippen molar-refractivity contribution in [1.29, 1.82) is 0 Å². The Balaban J connectivity index is 1.79. The summed E-state index contributed by atoms with van der Waals surface area (Å²) >= 11 is 1.49. The van der Waals surface area contributed by atoms with Gasteiger partial charge in [-0.3, -0.25) is 9.59 Å². The topological polar surface area (TPSA) is 67.4 Å². The van der Waals surface area contributed by atoms with Crippen LogP contribution in [0.3, 0.4) is 0 Å². The van der Waals surface area contributed by atoms with E-state index in [0.717, 1.165) is 21.6 Å². The van der Waals surface area contributed by atoms with Crippen molar-refractivity contribution >= 4 is 29.2 Å². The lowest BCUT2D eigenvalue weighted by Crippen LogP contribution is -2.34. The summed E-state index contributed by atoms with van der Waals surface area (Å²) in [5, 5.41) is 7.55. The second kappa shape index (κ2) is 9.89. The van der Waals surface area contributed by atoms with E-state index in [0.29, 0.717) is 11.3 Å². The Kier molecular flexibility index (Phi) is 7.03. The zero-order valence-electron chi connectivity index (χ0n) is 17.2. The monoisotopic (exact) mass is 420 g/mol. The Bertz CT molecular complexity index is 1070. The van der Waals surface area contributed by atoms with E-state index < -0.39 is 0 Å². The first kappa shape index (κ1) is 21.3. The molecule has 0 fully saturated rings. The van der Waals surface area contributed by atoms with E-state index >= 15 is 0 Å². The van der Waals surface area contributed by atoms with Crippen molar-refractivity contribution in [3.63, 3.8) is 0 Å². The summed E-state index contributed by atoms with van der Waals surface area (Å²) in [6.45, 7) is 4.23. The molecule has 0 spiro atoms. The van der Waals surface area contributed by atoms with Gasteiger partial charge >= 0.3 is 0 Å². The molecule has 0 unspecified atom stereocenters. The molecule has 6 heteroatoms. The normalized spacial score (nSPS) is 11.1. The smallest absolute Gasteiger partial charge is 0.268 e. The number of carbonyl (C=O) groups is 2. The molecular weight excluding hydrogens is 396 g/mol. The Hall–Kier alpha value is -3.38. The molecule has 0 aliphatic rings. The molecule has 2 N–H and O–H groups in total. The minimum absolute atomic E-state index is 0.190. The number of nitrogens with one attached hydrogen (secondary N) is 2. The fraction of sp³-hybridized carbons (Fsp3) is 0.167. The van der Waals surface area contributed by atoms with Gasteiger partial charge in [-0.2, -0.15) is 0 Å². The number of amides is 2. The van der Waals surface area contributed by atoms with Crippen LogP contribution < -0.4 is 15.4 Å². The largest absolute Gasteiger partial charge is 0.496 e. The van der Waals surface area contributed by atoms with Crippen LogP contribution in [0, 0.1) is 13.8 Å². The molecule has 0 saturated carbocycles. The number of carbonyl (C=O) groups excluding carboxylic acids is 2. The van der Waals surface area contributed by atoms with Crippen molar-refractivity contribution in [2.24, 2.45) is 0 Å². The average Bonchev–Trinajstić information content (AvgIpc) is 3.26. The summed E-state index contributed by atoms with van der Waals surface area (Å²) in [5.41, 5.74) is 3.68. The van der Waals surface area contributed by atoms with Gasteiger partial charge in [0.05, 0.1) is 7.11 Å². The van der Waals surface area contributed by atoms with Crippen LogP contribution in [0.15, 0.2) is 65.7 Å². The number of aryl methyl sites for hydroxylation is 2. The summed E-state index contributed by atoms with van der Waals surface area (Å²) in [4.78, 5) is 26.6. The first-order chi connectivity index (χ1) is 14.5. The number of hydrogen-bond acceptors (Lipinski definition) is 4. The molecule has 5 nitrogen and oxygen atoms in total. The number of methoxy groups -OCH3 is 1. The minimum Gasteiger partial charge on any atom is -0.496 e. The zero-order valence-corrected chi connectivity index (χ0v) is 18.0. The standard InChI is InChI=1S/C24H24N2O3S/c1-16-10-11-18(13-17(16)2)23(27)26-21(14-20-8-6-12-30-20)24(28)25-15-19-7-4-5-9-22(19)29-3/h4-14H,15H2,1-3H3,(H,25,28)(H,26,27). The maximum absolute atomic E-state index is 12.9. The minimum atomic E-state index is -0.369. The molecule has 0 radical (unpaired) electrons. The molecular formula is C24H24N2O3S. The average molecular weight is 421 g/mol. The van der Waals surface area contributed by atoms with Gasteiger partial charge in [-0.05, 0) is 60.7 Å². The zero-order chi connectivity index (χ0) is 21.5. The third kappa shape index (κ3) is 5.36. The third-order valence-electron chi connectivity index (χ3n) is 4.72. The molecule has 0 saturated heterocycles. The van der Waals surface area contributed by atoms with Gasteiger partial charge in [-0.15, -0.1) is 11.3 Å². The van der Waals surface area contributed by atoms with Crippen LogP contribution in [0.5, 0.6) is 5.75 Å². The molecule has 0 atom stereocenters. The molecule has 2 aromatic carbocycles. The summed E-state index contributed by atoms with van der Waals surface area (Å²) in [6, 6.07) is 16.7. The van der Waals surface area contributed by atoms with Gasteiger partial charge in [-0.1, -0.05) is 30.3 Å². The highest BCUT2D eigenvalue weighted by Gasteiger charge is 2.16. The van der Waals surface area contributed by atoms with Crippen molar-refractivity contribution in [3.8, 4) is 5.75 Å². The number of para-hydroxylation sites is 1. The first-order valence-corrected chi connectivity index (χ1v) is 10.4. The first-order valence-electron chi connectivity index (χ1n) is 9.52. The Labute approximate surface area is 180 Å². The van der Waals surface area contributed by atoms with Crippen LogP contribution in [0.4, 0.5) is 0 Å². The van der Waals surface area contributed by atoms with E-state index in [1.807, 2.05) is 67.8 Å². The molecule has 0 aliphatic carbocycles. The lowest BCUT2D eigenvalue weighted by Gasteiger charge is -2.13. The lowest BCUT2D eigenvalue weighted by atomic mass is 10.1. The third-order valence-corrected chi connectivity index (χ3v) is 5.54. The van der Waals surface area contributed by atoms with Gasteiger partial charge in [-0.25, -0.2) is 0 Å². The summed E-state index contributed by atoms with van der Waals surface area (Å²) in [7, 11) is 1.59. The summed E-state index contributed by atoms with van der Waals surface area (Å²) in [5.74, 6) is 0.000546. The van der Waals surface area contributed by atoms with Crippen LogP contribution in [0.1, 0.15) is 31.9 Å². The van der Waals surface area contributed by atoms with E-state index in [-0.39, 0.29) is 24.1 Å². The fourth-order valence-electron chi connectivity index (χ4n) is 2.87. The van der Waals surface area contributed by atoms with Crippen LogP contribution in [0.25, 0.3) is 6.08 Å². The van der Waals surface area contributed by atoms with Gasteiger partial charge < -0.3 is 15.4 Å². The van der Waals surface area contributed by atoms with Gasteiger partial charge in [0, 0.05) is 22.5 Å². The van der Waals surface area contributed by atoms with Crippen molar-refractivity contribution in [3.05, 3.63) is 92.8 Å². The highest BCUT2D eigenvalue weighted by atomic mass is 32.1. The van der Waals surface area contributed by atoms with Gasteiger partial charge in [0.15, 0.2) is 0 Å². The van der Waals surface area contributed by atoms with E-state index in [9.17, 15) is 9.59 Å². The van der Waals surface area contributed by atoms with E-state index in [4.69, 9.17) is 4.74 Å². The van der Waals surface area contributed by atoms with E-state index in [1.54, 1.807) is 19.3 Å². The van der Waals surface area contributed by atoms with E-state index in [1.165, 1.54) is 11.3 Å². The lowest BCUT2D eigenvalue weighted by molar-refractivity contribution is -0.117. The molecule has 0 bridgehead atoms. The number of hydrogen-bond donors (Lipinski definition) is 2. The molecule has 1 heterocycles. The van der Waals surface area contributed by atoms with Gasteiger partial charge in [0.1, 0.15) is 11.4 Å². The second-order valence-electron chi connectivity index (χ2n) is 6.82. The summed E-state index contributed by atoms with van der Waals surface area (Å²) in [6.07, 6.45) is 1.68. The summed E-state index contributed by atoms with van der Waals surface area (Å²) < 4.78 is 5.33. The van der Waals surface area contributed by atoms with E-state index in [2.05, 4.69) is 10.6 Å². The second-order valence-corrected chi connectivity index (χ2v) is 7.80. The van der Waals surface area contributed by atoms with Crippen molar-refractivity contribution < 1.29 is 14.3 Å². The molecule has 0 aliphatic heterocycles. The number of rotatable bonds is 7. The highest BCUT2D eigenvalue weighted by molar-refractivity contribution is 7.10. The van der Waals surface area contributed by atoms with Crippen LogP contribution in [-0.4, -0.2) is 18.9 Å². The number of thiophene rings is 1. The molecule has 1 aromatic heterocycles. The molecule has 30 heavy (non-hydrogen) atoms. The van der Waals surface area contributed by atoms with Crippen molar-refractivity contribution in [1.82, 2.24) is 10.6 Å². The Morgan fingerprint density at radius 1 is 1.03 bits per heavy atom. The maximum atomic E-state index is 12.9. The molecule has 3 rings (SSSR count). The Morgan fingerprint density at radius 3 is 2.53 bits per heavy atom.